The molecule has 0 aromatic carbocycles. The topological polar surface area (TPSA) is 73.7 Å². The second kappa shape index (κ2) is 6.31. The Balaban J connectivity index is 2.68. The fourth-order valence-corrected chi connectivity index (χ4v) is 1.80. The third-order valence-corrected chi connectivity index (χ3v) is 2.83. The van der Waals surface area contributed by atoms with Crippen LogP contribution in [-0.4, -0.2) is 65.5 Å². The maximum atomic E-state index is 12.0. The molecule has 0 radical (unpaired) electrons. The third-order valence-electron chi connectivity index (χ3n) is 2.07. The van der Waals surface area contributed by atoms with Gasteiger partial charge in [-0.25, -0.2) is 0 Å². The average Bonchev–Trinajstić information content (AvgIpc) is 2.75. The van der Waals surface area contributed by atoms with Crippen LogP contribution in [0.15, 0.2) is 11.7 Å². The van der Waals surface area contributed by atoms with Crippen molar-refractivity contribution in [2.75, 3.05) is 33.7 Å². The van der Waals surface area contributed by atoms with Gasteiger partial charge in [0, 0.05) is 13.1 Å². The molecule has 1 amide bonds. The number of aliphatic carboxylic acids is 1. The minimum Gasteiger partial charge on any atom is -0.480 e. The van der Waals surface area contributed by atoms with Crippen molar-refractivity contribution in [2.24, 2.45) is 0 Å². The number of hydrogen-bond acceptors (Lipinski definition) is 5. The fraction of sp³-hybridized carbons (Fsp3) is 0.500. The van der Waals surface area contributed by atoms with E-state index in [4.69, 9.17) is 5.11 Å². The van der Waals surface area contributed by atoms with Crippen LogP contribution in [0.25, 0.3) is 0 Å². The highest BCUT2D eigenvalue weighted by molar-refractivity contribution is 7.11. The van der Waals surface area contributed by atoms with Crippen molar-refractivity contribution >= 4 is 23.2 Å². The Kier molecular flexibility index (Phi) is 5.05. The van der Waals surface area contributed by atoms with Gasteiger partial charge in [0.1, 0.15) is 11.4 Å². The first kappa shape index (κ1) is 13.6. The number of aromatic nitrogens is 1. The van der Waals surface area contributed by atoms with E-state index in [0.717, 1.165) is 0 Å². The zero-order valence-electron chi connectivity index (χ0n) is 9.79. The van der Waals surface area contributed by atoms with Crippen LogP contribution in [0.5, 0.6) is 0 Å². The van der Waals surface area contributed by atoms with Gasteiger partial charge in [-0.15, -0.1) is 11.3 Å². The molecule has 1 aromatic heterocycles. The molecule has 1 N–H and O–H groups in total. The van der Waals surface area contributed by atoms with Crippen LogP contribution >= 0.6 is 11.3 Å². The van der Waals surface area contributed by atoms with Gasteiger partial charge >= 0.3 is 5.97 Å². The molecule has 0 saturated heterocycles. The summed E-state index contributed by atoms with van der Waals surface area (Å²) in [5.41, 5.74) is 1.55. The Labute approximate surface area is 103 Å². The summed E-state index contributed by atoms with van der Waals surface area (Å²) in [7, 11) is 3.74. The van der Waals surface area contributed by atoms with E-state index >= 15 is 0 Å². The largest absolute Gasteiger partial charge is 0.480 e. The second-order valence-electron chi connectivity index (χ2n) is 3.79. The molecule has 1 aromatic rings. The molecule has 0 unspecified atom stereocenters. The van der Waals surface area contributed by atoms with Crippen molar-refractivity contribution in [3.05, 3.63) is 16.6 Å². The van der Waals surface area contributed by atoms with E-state index < -0.39 is 5.97 Å². The van der Waals surface area contributed by atoms with Crippen molar-refractivity contribution < 1.29 is 14.7 Å². The molecule has 0 aliphatic heterocycles. The summed E-state index contributed by atoms with van der Waals surface area (Å²) in [6.07, 6.45) is 1.46. The van der Waals surface area contributed by atoms with Gasteiger partial charge in [0.15, 0.2) is 0 Å². The molecule has 0 aliphatic rings. The van der Waals surface area contributed by atoms with Gasteiger partial charge in [-0.1, -0.05) is 0 Å². The van der Waals surface area contributed by atoms with Crippen LogP contribution in [0.2, 0.25) is 0 Å². The molecule has 0 fully saturated rings. The van der Waals surface area contributed by atoms with Crippen LogP contribution in [-0.2, 0) is 4.79 Å². The third kappa shape index (κ3) is 4.49. The highest BCUT2D eigenvalue weighted by Gasteiger charge is 2.19. The lowest BCUT2D eigenvalue weighted by Gasteiger charge is -2.21. The summed E-state index contributed by atoms with van der Waals surface area (Å²) in [5.74, 6) is -1.29. The van der Waals surface area contributed by atoms with Crippen molar-refractivity contribution in [1.29, 1.82) is 0 Å². The quantitative estimate of drug-likeness (QED) is 0.789. The number of hydrogen-bond donors (Lipinski definition) is 1. The molecule has 6 nitrogen and oxygen atoms in total. The number of nitrogens with zero attached hydrogens (tertiary/aromatic N) is 3. The van der Waals surface area contributed by atoms with E-state index in [1.807, 2.05) is 19.0 Å². The maximum Gasteiger partial charge on any atom is 0.323 e. The van der Waals surface area contributed by atoms with E-state index in [0.29, 0.717) is 18.0 Å². The van der Waals surface area contributed by atoms with E-state index in [-0.39, 0.29) is 12.5 Å². The van der Waals surface area contributed by atoms with Gasteiger partial charge in [0.25, 0.3) is 5.91 Å². The molecule has 94 valence electrons. The molecule has 1 heterocycles. The molecular weight excluding hydrogens is 242 g/mol. The Hall–Kier alpha value is -1.47. The van der Waals surface area contributed by atoms with E-state index in [1.165, 1.54) is 22.4 Å². The number of amides is 1. The first-order valence-corrected chi connectivity index (χ1v) is 5.93. The molecule has 0 atom stereocenters. The number of carbonyl (C=O) groups excluding carboxylic acids is 1. The van der Waals surface area contributed by atoms with E-state index in [9.17, 15) is 9.59 Å². The lowest BCUT2D eigenvalue weighted by molar-refractivity contribution is -0.137. The Bertz CT molecular complexity index is 378. The van der Waals surface area contributed by atoms with Gasteiger partial charge < -0.3 is 14.9 Å². The zero-order chi connectivity index (χ0) is 12.8. The Morgan fingerprint density at radius 3 is 2.59 bits per heavy atom. The molecule has 0 spiro atoms. The summed E-state index contributed by atoms with van der Waals surface area (Å²) in [4.78, 5) is 30.2. The van der Waals surface area contributed by atoms with Crippen molar-refractivity contribution in [3.8, 4) is 0 Å². The van der Waals surface area contributed by atoms with Gasteiger partial charge in [-0.3, -0.25) is 14.6 Å². The van der Waals surface area contributed by atoms with Gasteiger partial charge in [-0.05, 0) is 14.1 Å². The van der Waals surface area contributed by atoms with Gasteiger partial charge in [0.05, 0.1) is 11.7 Å². The summed E-state index contributed by atoms with van der Waals surface area (Å²) in [5, 5.41) is 8.78. The van der Waals surface area contributed by atoms with Crippen molar-refractivity contribution in [2.45, 2.75) is 0 Å². The SMILES string of the molecule is CN(C)CCN(CC(=O)O)C(=O)c1cncs1. The first-order valence-electron chi connectivity index (χ1n) is 5.05. The highest BCUT2D eigenvalue weighted by Crippen LogP contribution is 2.09. The molecule has 0 aliphatic carbocycles. The monoisotopic (exact) mass is 257 g/mol. The summed E-state index contributed by atoms with van der Waals surface area (Å²) < 4.78 is 0. The average molecular weight is 257 g/mol. The normalized spacial score (nSPS) is 10.5. The summed E-state index contributed by atoms with van der Waals surface area (Å²) in [6, 6.07) is 0. The minimum atomic E-state index is -1.01. The number of carboxylic acid groups (broad SMARTS) is 1. The molecule has 17 heavy (non-hydrogen) atoms. The smallest absolute Gasteiger partial charge is 0.323 e. The second-order valence-corrected chi connectivity index (χ2v) is 4.68. The van der Waals surface area contributed by atoms with Crippen molar-refractivity contribution in [1.82, 2.24) is 14.8 Å². The van der Waals surface area contributed by atoms with Crippen LogP contribution in [0.4, 0.5) is 0 Å². The van der Waals surface area contributed by atoms with Crippen LogP contribution in [0.1, 0.15) is 9.67 Å². The minimum absolute atomic E-state index is 0.281. The predicted octanol–water partition coefficient (Wildman–Crippen LogP) is 0.232. The first-order chi connectivity index (χ1) is 8.00. The predicted molar refractivity (Wildman–Crippen MR) is 64.2 cm³/mol. The molecule has 7 heteroatoms. The molecule has 0 saturated carbocycles. The van der Waals surface area contributed by atoms with Gasteiger partial charge in [0.2, 0.25) is 0 Å². The molecular formula is C10H15N3O3S. The standard InChI is InChI=1S/C10H15N3O3S/c1-12(2)3-4-13(6-9(14)15)10(16)8-5-11-7-17-8/h5,7H,3-4,6H2,1-2H3,(H,14,15). The number of rotatable bonds is 6. The van der Waals surface area contributed by atoms with E-state index in [2.05, 4.69) is 4.98 Å². The zero-order valence-corrected chi connectivity index (χ0v) is 10.6. The van der Waals surface area contributed by atoms with Crippen molar-refractivity contribution in [3.63, 3.8) is 0 Å². The Morgan fingerprint density at radius 1 is 1.41 bits per heavy atom. The highest BCUT2D eigenvalue weighted by atomic mass is 32.1. The number of likely N-dealkylation sites (N-methyl/N-ethyl adjacent to an activating group) is 1. The fourth-order valence-electron chi connectivity index (χ4n) is 1.21. The number of carboxylic acids is 1. The Morgan fingerprint density at radius 2 is 2.12 bits per heavy atom. The van der Waals surface area contributed by atoms with Crippen LogP contribution < -0.4 is 0 Å². The summed E-state index contributed by atoms with van der Waals surface area (Å²) >= 11 is 1.21. The van der Waals surface area contributed by atoms with E-state index in [1.54, 1.807) is 5.51 Å². The lowest BCUT2D eigenvalue weighted by Crippen LogP contribution is -2.39. The molecule has 1 rings (SSSR count). The maximum absolute atomic E-state index is 12.0. The number of carbonyl (C=O) groups is 2. The lowest BCUT2D eigenvalue weighted by atomic mass is 10.4. The van der Waals surface area contributed by atoms with Crippen LogP contribution in [0.3, 0.4) is 0 Å². The molecule has 0 bridgehead atoms. The number of thiazole rings is 1. The van der Waals surface area contributed by atoms with Gasteiger partial charge in [-0.2, -0.15) is 0 Å². The van der Waals surface area contributed by atoms with Crippen LogP contribution in [0, 0.1) is 0 Å². The summed E-state index contributed by atoms with van der Waals surface area (Å²) in [6.45, 7) is 0.721.